The van der Waals surface area contributed by atoms with E-state index in [1.54, 1.807) is 18.4 Å². The van der Waals surface area contributed by atoms with Crippen molar-refractivity contribution in [2.75, 3.05) is 38.2 Å². The number of esters is 1. The smallest absolute Gasteiger partial charge is 0.312 e. The van der Waals surface area contributed by atoms with Gasteiger partial charge in [-0.05, 0) is 101 Å². The molecule has 2 aliphatic rings. The van der Waals surface area contributed by atoms with Gasteiger partial charge in [-0.3, -0.25) is 4.79 Å². The number of rotatable bonds is 7. The van der Waals surface area contributed by atoms with Crippen LogP contribution in [0.5, 0.6) is 5.75 Å². The Hall–Kier alpha value is -2.94. The highest BCUT2D eigenvalue weighted by Gasteiger charge is 2.38. The average Bonchev–Trinajstić information content (AvgIpc) is 3.30. The van der Waals surface area contributed by atoms with Gasteiger partial charge in [0.25, 0.3) is 0 Å². The lowest BCUT2D eigenvalue weighted by Gasteiger charge is -2.37. The summed E-state index contributed by atoms with van der Waals surface area (Å²) in [6.45, 7) is 13.9. The maximum atomic E-state index is 12.8. The first-order valence-corrected chi connectivity index (χ1v) is 15.5. The molecule has 0 spiro atoms. The number of nitrogens with one attached hydrogen (secondary N) is 1. The van der Waals surface area contributed by atoms with Crippen molar-refractivity contribution >= 4 is 22.4 Å². The molecule has 0 aliphatic carbocycles. The van der Waals surface area contributed by atoms with Crippen LogP contribution in [0.25, 0.3) is 11.3 Å². The van der Waals surface area contributed by atoms with E-state index in [1.165, 1.54) is 22.3 Å². The van der Waals surface area contributed by atoms with Crippen LogP contribution in [0.4, 0.5) is 5.13 Å². The maximum absolute atomic E-state index is 12.8. The number of para-hydroxylation sites is 1. The minimum absolute atomic E-state index is 0.188. The second-order valence-electron chi connectivity index (χ2n) is 12.1. The van der Waals surface area contributed by atoms with Gasteiger partial charge in [0.05, 0.1) is 17.7 Å². The normalized spacial score (nSPS) is 19.4. The van der Waals surface area contributed by atoms with Gasteiger partial charge >= 0.3 is 5.97 Å². The number of carbonyl (C=O) groups excluding carboxylic acids is 1. The molecule has 5 rings (SSSR count). The SMILES string of the molecule is CO[C@H]1CN(c2nc(-c3cccc(C)c3OCc3ccc4c(c3C)CCNCC4)cs2)CC[C@H]1C(=O)OC(C)(C)C. The summed E-state index contributed by atoms with van der Waals surface area (Å²) in [6.07, 6.45) is 2.56. The van der Waals surface area contributed by atoms with Gasteiger partial charge in [0.2, 0.25) is 0 Å². The zero-order valence-electron chi connectivity index (χ0n) is 25.2. The molecule has 0 saturated carbocycles. The lowest BCUT2D eigenvalue weighted by molar-refractivity contribution is -0.165. The minimum atomic E-state index is -0.514. The van der Waals surface area contributed by atoms with Crippen molar-refractivity contribution in [2.24, 2.45) is 5.92 Å². The second kappa shape index (κ2) is 12.5. The Morgan fingerprint density at radius 2 is 1.95 bits per heavy atom. The Kier molecular flexibility index (Phi) is 9.02. The molecule has 3 heterocycles. The molecule has 0 bridgehead atoms. The summed E-state index contributed by atoms with van der Waals surface area (Å²) in [5, 5.41) is 6.53. The van der Waals surface area contributed by atoms with Crippen LogP contribution in [0.1, 0.15) is 55.0 Å². The first-order valence-electron chi connectivity index (χ1n) is 14.6. The Bertz CT molecular complexity index is 1380. The van der Waals surface area contributed by atoms with Crippen molar-refractivity contribution in [3.05, 3.63) is 63.5 Å². The van der Waals surface area contributed by atoms with E-state index in [0.29, 0.717) is 19.6 Å². The number of methoxy groups -OCH3 is 1. The first kappa shape index (κ1) is 29.5. The Morgan fingerprint density at radius 3 is 2.73 bits per heavy atom. The molecule has 0 unspecified atom stereocenters. The standard InChI is InChI=1S/C33H43N3O4S/c1-21-8-7-9-26(30(21)39-19-24-11-10-23-12-15-34-16-13-25(23)22(24)2)28-20-41-32(35-28)36-17-14-27(29(18-36)38-6)31(37)40-33(3,4)5/h7-11,20,27,29,34H,12-19H2,1-6H3/t27-,29+/m1/s1. The van der Waals surface area contributed by atoms with Gasteiger partial charge in [-0.2, -0.15) is 0 Å². The number of benzene rings is 2. The van der Waals surface area contributed by atoms with Crippen molar-refractivity contribution in [1.29, 1.82) is 0 Å². The van der Waals surface area contributed by atoms with E-state index in [9.17, 15) is 4.79 Å². The number of aryl methyl sites for hydroxylation is 1. The van der Waals surface area contributed by atoms with E-state index in [-0.39, 0.29) is 18.0 Å². The number of aromatic nitrogens is 1. The monoisotopic (exact) mass is 577 g/mol. The Morgan fingerprint density at radius 1 is 1.15 bits per heavy atom. The maximum Gasteiger partial charge on any atom is 0.312 e. The molecule has 2 atom stereocenters. The predicted molar refractivity (Wildman–Crippen MR) is 165 cm³/mol. The highest BCUT2D eigenvalue weighted by molar-refractivity contribution is 7.14. The number of ether oxygens (including phenoxy) is 3. The van der Waals surface area contributed by atoms with E-state index in [1.807, 2.05) is 20.8 Å². The second-order valence-corrected chi connectivity index (χ2v) is 13.0. The van der Waals surface area contributed by atoms with E-state index in [0.717, 1.165) is 60.2 Å². The minimum Gasteiger partial charge on any atom is -0.488 e. The van der Waals surface area contributed by atoms with Crippen LogP contribution in [-0.2, 0) is 33.7 Å². The third-order valence-electron chi connectivity index (χ3n) is 8.12. The molecular weight excluding hydrogens is 534 g/mol. The van der Waals surface area contributed by atoms with Crippen LogP contribution in [0.2, 0.25) is 0 Å². The zero-order valence-corrected chi connectivity index (χ0v) is 26.0. The van der Waals surface area contributed by atoms with Gasteiger partial charge in [-0.25, -0.2) is 4.98 Å². The lowest BCUT2D eigenvalue weighted by Crippen LogP contribution is -2.49. The molecule has 0 amide bonds. The van der Waals surface area contributed by atoms with Crippen molar-refractivity contribution < 1.29 is 19.0 Å². The molecule has 0 radical (unpaired) electrons. The summed E-state index contributed by atoms with van der Waals surface area (Å²) in [5.74, 6) is 0.407. The summed E-state index contributed by atoms with van der Waals surface area (Å²) >= 11 is 1.61. The van der Waals surface area contributed by atoms with Crippen LogP contribution in [0.15, 0.2) is 35.7 Å². The highest BCUT2D eigenvalue weighted by atomic mass is 32.1. The summed E-state index contributed by atoms with van der Waals surface area (Å²) in [6, 6.07) is 10.7. The summed E-state index contributed by atoms with van der Waals surface area (Å²) in [4.78, 5) is 20.1. The molecular formula is C33H43N3O4S. The van der Waals surface area contributed by atoms with E-state index < -0.39 is 5.60 Å². The fourth-order valence-electron chi connectivity index (χ4n) is 5.87. The molecule has 1 fully saturated rings. The molecule has 2 aliphatic heterocycles. The van der Waals surface area contributed by atoms with Crippen LogP contribution in [0.3, 0.4) is 0 Å². The highest BCUT2D eigenvalue weighted by Crippen LogP contribution is 2.37. The molecule has 41 heavy (non-hydrogen) atoms. The molecule has 3 aromatic rings. The van der Waals surface area contributed by atoms with Crippen molar-refractivity contribution in [3.63, 3.8) is 0 Å². The molecule has 220 valence electrons. The topological polar surface area (TPSA) is 72.9 Å². The molecule has 1 saturated heterocycles. The van der Waals surface area contributed by atoms with Gasteiger partial charge in [-0.15, -0.1) is 11.3 Å². The van der Waals surface area contributed by atoms with Crippen molar-refractivity contribution in [3.8, 4) is 17.0 Å². The Labute approximate surface area is 248 Å². The van der Waals surface area contributed by atoms with Crippen LogP contribution in [0, 0.1) is 19.8 Å². The number of piperidine rings is 1. The number of hydrogen-bond donors (Lipinski definition) is 1. The number of nitrogens with zero attached hydrogens (tertiary/aromatic N) is 2. The first-order chi connectivity index (χ1) is 19.6. The number of hydrogen-bond acceptors (Lipinski definition) is 8. The fraction of sp³-hybridized carbons (Fsp3) is 0.515. The third kappa shape index (κ3) is 6.76. The average molecular weight is 578 g/mol. The third-order valence-corrected chi connectivity index (χ3v) is 9.03. The van der Waals surface area contributed by atoms with Crippen molar-refractivity contribution in [1.82, 2.24) is 10.3 Å². The number of anilines is 1. The van der Waals surface area contributed by atoms with Crippen LogP contribution < -0.4 is 15.0 Å². The van der Waals surface area contributed by atoms with Gasteiger partial charge in [0, 0.05) is 31.1 Å². The molecule has 2 aromatic carbocycles. The van der Waals surface area contributed by atoms with Gasteiger partial charge in [0.1, 0.15) is 18.0 Å². The predicted octanol–water partition coefficient (Wildman–Crippen LogP) is 5.88. The van der Waals surface area contributed by atoms with Gasteiger partial charge in [-0.1, -0.05) is 24.3 Å². The number of thiazole rings is 1. The van der Waals surface area contributed by atoms with Gasteiger partial charge in [0.15, 0.2) is 5.13 Å². The van der Waals surface area contributed by atoms with E-state index >= 15 is 0 Å². The molecule has 7 nitrogen and oxygen atoms in total. The van der Waals surface area contributed by atoms with Crippen molar-refractivity contribution in [2.45, 2.75) is 72.2 Å². The summed E-state index contributed by atoms with van der Waals surface area (Å²) < 4.78 is 18.0. The molecule has 1 N–H and O–H groups in total. The van der Waals surface area contributed by atoms with E-state index in [2.05, 4.69) is 59.8 Å². The van der Waals surface area contributed by atoms with Crippen LogP contribution >= 0.6 is 11.3 Å². The largest absolute Gasteiger partial charge is 0.488 e. The zero-order chi connectivity index (χ0) is 29.1. The lowest BCUT2D eigenvalue weighted by atomic mass is 9.93. The summed E-state index contributed by atoms with van der Waals surface area (Å²) in [5.41, 5.74) is 7.97. The Balaban J connectivity index is 1.31. The summed E-state index contributed by atoms with van der Waals surface area (Å²) in [7, 11) is 1.66. The van der Waals surface area contributed by atoms with Crippen LogP contribution in [-0.4, -0.2) is 55.9 Å². The quantitative estimate of drug-likeness (QED) is 0.352. The molecule has 8 heteroatoms. The fourth-order valence-corrected chi connectivity index (χ4v) is 6.73. The number of fused-ring (bicyclic) bond motifs is 1. The number of carbonyl (C=O) groups is 1. The van der Waals surface area contributed by atoms with Gasteiger partial charge < -0.3 is 24.4 Å². The van der Waals surface area contributed by atoms with E-state index in [4.69, 9.17) is 19.2 Å². The molecule has 1 aromatic heterocycles.